The second-order valence-electron chi connectivity index (χ2n) is 2.81. The van der Waals surface area contributed by atoms with Crippen LogP contribution in [0.5, 0.6) is 0 Å². The van der Waals surface area contributed by atoms with Crippen molar-refractivity contribution in [1.29, 1.82) is 0 Å². The Balaban J connectivity index is 3.35. The molecule has 0 aliphatic heterocycles. The molecule has 6 nitrogen and oxygen atoms in total. The van der Waals surface area contributed by atoms with Gasteiger partial charge in [-0.3, -0.25) is 13.8 Å². The van der Waals surface area contributed by atoms with Gasteiger partial charge in [-0.15, -0.1) is 4.45 Å². The normalized spacial score (nSPS) is 11.8. The highest BCUT2D eigenvalue weighted by molar-refractivity contribution is 7.52. The molecule has 96 valence electrons. The first-order valence-corrected chi connectivity index (χ1v) is 7.04. The van der Waals surface area contributed by atoms with E-state index in [4.69, 9.17) is 32.2 Å². The Bertz CT molecular complexity index is 495. The highest BCUT2D eigenvalue weighted by atomic mass is 35.5. The van der Waals surface area contributed by atoms with E-state index >= 15 is 0 Å². The van der Waals surface area contributed by atoms with Gasteiger partial charge in [0, 0.05) is 0 Å². The van der Waals surface area contributed by atoms with Gasteiger partial charge in [-0.1, -0.05) is 23.2 Å². The maximum Gasteiger partial charge on any atom is 0.458 e. The largest absolute Gasteiger partial charge is 0.458 e. The molecule has 0 bridgehead atoms. The number of rotatable bonds is 5. The van der Waals surface area contributed by atoms with E-state index in [2.05, 4.69) is 5.10 Å². The summed E-state index contributed by atoms with van der Waals surface area (Å²) in [6, 6.07) is 0. The van der Waals surface area contributed by atoms with Gasteiger partial charge >= 0.3 is 7.75 Å². The lowest BCUT2D eigenvalue weighted by atomic mass is 10.6. The number of aromatic nitrogens is 2. The monoisotopic (exact) mass is 300 g/mol. The molecule has 0 aromatic carbocycles. The molecule has 0 amide bonds. The fourth-order valence-electron chi connectivity index (χ4n) is 1.05. The second-order valence-corrected chi connectivity index (χ2v) is 5.42. The van der Waals surface area contributed by atoms with Crippen LogP contribution in [0.15, 0.2) is 11.0 Å². The summed E-state index contributed by atoms with van der Waals surface area (Å²) in [6.45, 7) is 3.44. The summed E-state index contributed by atoms with van der Waals surface area (Å²) in [5.41, 5.74) is -0.815. The molecule has 9 heteroatoms. The molecule has 0 spiro atoms. The minimum atomic E-state index is -3.81. The third-order valence-corrected chi connectivity index (χ3v) is 4.34. The van der Waals surface area contributed by atoms with E-state index in [0.717, 1.165) is 6.20 Å². The van der Waals surface area contributed by atoms with Crippen molar-refractivity contribution < 1.29 is 13.6 Å². The molecule has 1 aromatic heterocycles. The fraction of sp³-hybridized carbons (Fsp3) is 0.500. The van der Waals surface area contributed by atoms with E-state index in [9.17, 15) is 9.36 Å². The van der Waals surface area contributed by atoms with Crippen molar-refractivity contribution in [3.8, 4) is 0 Å². The van der Waals surface area contributed by atoms with Crippen LogP contribution in [0.25, 0.3) is 0 Å². The Morgan fingerprint density at radius 3 is 2.35 bits per heavy atom. The van der Waals surface area contributed by atoms with Gasteiger partial charge in [0.15, 0.2) is 0 Å². The first-order valence-electron chi connectivity index (χ1n) is 4.79. The molecule has 1 aromatic rings. The molecule has 0 unspecified atom stereocenters. The maximum absolute atomic E-state index is 12.3. The minimum Gasteiger partial charge on any atom is -0.291 e. The molecular weight excluding hydrogens is 290 g/mol. The number of hydrogen-bond acceptors (Lipinski definition) is 5. The van der Waals surface area contributed by atoms with Crippen molar-refractivity contribution in [2.24, 2.45) is 0 Å². The Hall–Kier alpha value is -0.390. The van der Waals surface area contributed by atoms with Crippen molar-refractivity contribution >= 4 is 30.9 Å². The molecule has 0 saturated heterocycles. The van der Waals surface area contributed by atoms with Crippen molar-refractivity contribution in [2.45, 2.75) is 13.8 Å². The molecule has 1 rings (SSSR count). The van der Waals surface area contributed by atoms with E-state index < -0.39 is 13.3 Å². The average Bonchev–Trinajstić information content (AvgIpc) is 2.26. The van der Waals surface area contributed by atoms with Gasteiger partial charge in [-0.25, -0.2) is 4.57 Å². The van der Waals surface area contributed by atoms with Crippen LogP contribution in [0.3, 0.4) is 0 Å². The molecule has 0 aliphatic carbocycles. The number of nitrogens with zero attached hydrogens (tertiary/aromatic N) is 2. The zero-order valence-electron chi connectivity index (χ0n) is 9.22. The van der Waals surface area contributed by atoms with Gasteiger partial charge in [-0.2, -0.15) is 5.10 Å². The molecule has 0 saturated carbocycles. The first kappa shape index (κ1) is 14.7. The van der Waals surface area contributed by atoms with Crippen molar-refractivity contribution in [3.63, 3.8) is 0 Å². The summed E-state index contributed by atoms with van der Waals surface area (Å²) in [7, 11) is -3.81. The summed E-state index contributed by atoms with van der Waals surface area (Å²) in [5, 5.41) is 3.33. The van der Waals surface area contributed by atoms with Crippen LogP contribution >= 0.6 is 30.9 Å². The van der Waals surface area contributed by atoms with E-state index in [1.807, 2.05) is 0 Å². The van der Waals surface area contributed by atoms with Crippen LogP contribution in [0, 0.1) is 0 Å². The standard InChI is InChI=1S/C8H11Cl2N2O4P/c1-3-15-17(14,16-4-2)12-8(13)7(10)6(9)5-11-12/h5H,3-4H2,1-2H3. The molecule has 0 fully saturated rings. The highest BCUT2D eigenvalue weighted by Gasteiger charge is 2.30. The van der Waals surface area contributed by atoms with Crippen molar-refractivity contribution in [1.82, 2.24) is 9.55 Å². The lowest BCUT2D eigenvalue weighted by Gasteiger charge is -2.17. The topological polar surface area (TPSA) is 70.4 Å². The van der Waals surface area contributed by atoms with Crippen LogP contribution in [0.2, 0.25) is 10.0 Å². The smallest absolute Gasteiger partial charge is 0.291 e. The van der Waals surface area contributed by atoms with Crippen LogP contribution in [0.1, 0.15) is 13.8 Å². The number of halogens is 2. The van der Waals surface area contributed by atoms with Gasteiger partial charge in [0.05, 0.1) is 24.4 Å². The Morgan fingerprint density at radius 2 is 1.88 bits per heavy atom. The predicted octanol–water partition coefficient (Wildman–Crippen LogP) is 2.58. The maximum atomic E-state index is 12.3. The van der Waals surface area contributed by atoms with Gasteiger partial charge in [0.1, 0.15) is 5.02 Å². The third-order valence-electron chi connectivity index (χ3n) is 1.68. The highest BCUT2D eigenvalue weighted by Crippen LogP contribution is 2.47. The van der Waals surface area contributed by atoms with Crippen molar-refractivity contribution in [3.05, 3.63) is 26.6 Å². The van der Waals surface area contributed by atoms with E-state index in [1.54, 1.807) is 13.8 Å². The Kier molecular flexibility index (Phi) is 5.16. The molecule has 1 heterocycles. The summed E-state index contributed by atoms with van der Waals surface area (Å²) in [5.74, 6) is 0. The van der Waals surface area contributed by atoms with Crippen LogP contribution in [-0.4, -0.2) is 22.8 Å². The summed E-state index contributed by atoms with van der Waals surface area (Å²) >= 11 is 11.3. The average molecular weight is 301 g/mol. The lowest BCUT2D eigenvalue weighted by molar-refractivity contribution is 0.208. The van der Waals surface area contributed by atoms with Crippen LogP contribution < -0.4 is 5.56 Å². The predicted molar refractivity (Wildman–Crippen MR) is 64.8 cm³/mol. The zero-order chi connectivity index (χ0) is 13.1. The summed E-state index contributed by atoms with van der Waals surface area (Å²) < 4.78 is 22.8. The quantitative estimate of drug-likeness (QED) is 0.782. The van der Waals surface area contributed by atoms with E-state index in [0.29, 0.717) is 4.45 Å². The van der Waals surface area contributed by atoms with Crippen LogP contribution in [0.4, 0.5) is 0 Å². The minimum absolute atomic E-state index is 0.0209. The van der Waals surface area contributed by atoms with Crippen LogP contribution in [-0.2, 0) is 13.6 Å². The number of hydrogen-bond donors (Lipinski definition) is 0. The van der Waals surface area contributed by atoms with Gasteiger partial charge in [-0.05, 0) is 13.8 Å². The molecule has 0 N–H and O–H groups in total. The summed E-state index contributed by atoms with van der Waals surface area (Å²) in [4.78, 5) is 11.7. The molecule has 0 atom stereocenters. The van der Waals surface area contributed by atoms with Gasteiger partial charge in [0.2, 0.25) is 0 Å². The second kappa shape index (κ2) is 5.98. The zero-order valence-corrected chi connectivity index (χ0v) is 11.6. The Morgan fingerprint density at radius 1 is 1.35 bits per heavy atom. The molecule has 0 aliphatic rings. The van der Waals surface area contributed by atoms with Gasteiger partial charge in [0.25, 0.3) is 5.56 Å². The Labute approximate surface area is 108 Å². The van der Waals surface area contributed by atoms with Crippen molar-refractivity contribution in [2.75, 3.05) is 13.2 Å². The molecular formula is C8H11Cl2N2O4P. The van der Waals surface area contributed by atoms with Gasteiger partial charge < -0.3 is 0 Å². The SMILES string of the molecule is CCOP(=O)(OCC)n1ncc(Cl)c(Cl)c1=O. The van der Waals surface area contributed by atoms with E-state index in [1.165, 1.54) is 0 Å². The third kappa shape index (κ3) is 3.09. The first-order chi connectivity index (χ1) is 7.96. The molecule has 17 heavy (non-hydrogen) atoms. The van der Waals surface area contributed by atoms with E-state index in [-0.39, 0.29) is 23.3 Å². The molecule has 0 radical (unpaired) electrons. The fourth-order valence-corrected chi connectivity index (χ4v) is 2.81. The summed E-state index contributed by atoms with van der Waals surface area (Å²) in [6.07, 6.45) is 1.11. The lowest BCUT2D eigenvalue weighted by Crippen LogP contribution is -2.24.